The van der Waals surface area contributed by atoms with Gasteiger partial charge >= 0.3 is 0 Å². The zero-order chi connectivity index (χ0) is 9.26. The van der Waals surface area contributed by atoms with Crippen molar-refractivity contribution in [3.63, 3.8) is 0 Å². The highest BCUT2D eigenvalue weighted by Crippen LogP contribution is 2.10. The van der Waals surface area contributed by atoms with E-state index in [1.165, 1.54) is 0 Å². The molecule has 1 N–H and O–H groups in total. The Hall–Kier alpha value is -2.02. The SMILES string of the molecule is CNc1cn2c(C#N)cccc2n1. The second-order valence-corrected chi connectivity index (χ2v) is 2.63. The first-order chi connectivity index (χ1) is 6.35. The molecule has 13 heavy (non-hydrogen) atoms. The summed E-state index contributed by atoms with van der Waals surface area (Å²) in [5, 5.41) is 11.7. The van der Waals surface area contributed by atoms with Gasteiger partial charge in [0.1, 0.15) is 23.2 Å². The summed E-state index contributed by atoms with van der Waals surface area (Å²) in [4.78, 5) is 4.24. The molecule has 0 aliphatic heterocycles. The molecule has 64 valence electrons. The smallest absolute Gasteiger partial charge is 0.145 e. The van der Waals surface area contributed by atoms with Gasteiger partial charge in [0.25, 0.3) is 0 Å². The lowest BCUT2D eigenvalue weighted by Gasteiger charge is -1.93. The molecule has 2 heterocycles. The quantitative estimate of drug-likeness (QED) is 0.704. The van der Waals surface area contributed by atoms with E-state index in [0.717, 1.165) is 11.5 Å². The van der Waals surface area contributed by atoms with Crippen LogP contribution < -0.4 is 5.32 Å². The van der Waals surface area contributed by atoms with Gasteiger partial charge in [0.2, 0.25) is 0 Å². The topological polar surface area (TPSA) is 53.1 Å². The largest absolute Gasteiger partial charge is 0.372 e. The molecule has 2 aromatic heterocycles. The summed E-state index contributed by atoms with van der Waals surface area (Å²) in [6, 6.07) is 7.54. The molecule has 0 aromatic carbocycles. The lowest BCUT2D eigenvalue weighted by molar-refractivity contribution is 1.14. The van der Waals surface area contributed by atoms with Crippen LogP contribution in [0.3, 0.4) is 0 Å². The highest BCUT2D eigenvalue weighted by atomic mass is 15.1. The Morgan fingerprint density at radius 2 is 2.38 bits per heavy atom. The van der Waals surface area contributed by atoms with E-state index in [2.05, 4.69) is 16.4 Å². The average Bonchev–Trinajstić information content (AvgIpc) is 2.59. The molecule has 0 bridgehead atoms. The van der Waals surface area contributed by atoms with Gasteiger partial charge in [-0.25, -0.2) is 4.98 Å². The number of nitrogens with zero attached hydrogens (tertiary/aromatic N) is 3. The van der Waals surface area contributed by atoms with Crippen molar-refractivity contribution in [2.24, 2.45) is 0 Å². The number of aromatic nitrogens is 2. The molecular weight excluding hydrogens is 164 g/mol. The molecule has 2 rings (SSSR count). The molecule has 0 aliphatic carbocycles. The van der Waals surface area contributed by atoms with Crippen LogP contribution in [0, 0.1) is 11.3 Å². The maximum absolute atomic E-state index is 8.80. The Bertz CT molecular complexity index is 478. The summed E-state index contributed by atoms with van der Waals surface area (Å²) in [5.41, 5.74) is 1.37. The van der Waals surface area contributed by atoms with Gasteiger partial charge in [-0.2, -0.15) is 5.26 Å². The van der Waals surface area contributed by atoms with Crippen molar-refractivity contribution in [1.82, 2.24) is 9.38 Å². The van der Waals surface area contributed by atoms with Gasteiger partial charge in [0, 0.05) is 7.05 Å². The summed E-state index contributed by atoms with van der Waals surface area (Å²) < 4.78 is 1.76. The number of imidazole rings is 1. The second-order valence-electron chi connectivity index (χ2n) is 2.63. The number of hydrogen-bond acceptors (Lipinski definition) is 3. The van der Waals surface area contributed by atoms with Crippen LogP contribution in [0.2, 0.25) is 0 Å². The molecule has 0 saturated heterocycles. The third kappa shape index (κ3) is 1.11. The van der Waals surface area contributed by atoms with E-state index < -0.39 is 0 Å². The Morgan fingerprint density at radius 1 is 1.54 bits per heavy atom. The van der Waals surface area contributed by atoms with Crippen molar-refractivity contribution in [2.75, 3.05) is 12.4 Å². The Morgan fingerprint density at radius 3 is 3.08 bits per heavy atom. The summed E-state index contributed by atoms with van der Waals surface area (Å²) in [5.74, 6) is 0.766. The van der Waals surface area contributed by atoms with E-state index >= 15 is 0 Å². The number of rotatable bonds is 1. The van der Waals surface area contributed by atoms with Gasteiger partial charge in [-0.1, -0.05) is 6.07 Å². The highest BCUT2D eigenvalue weighted by Gasteiger charge is 2.01. The fourth-order valence-corrected chi connectivity index (χ4v) is 1.22. The molecule has 0 amide bonds. The third-order valence-electron chi connectivity index (χ3n) is 1.86. The zero-order valence-electron chi connectivity index (χ0n) is 7.15. The van der Waals surface area contributed by atoms with E-state index in [0.29, 0.717) is 5.69 Å². The van der Waals surface area contributed by atoms with E-state index in [-0.39, 0.29) is 0 Å². The fraction of sp³-hybridized carbons (Fsp3) is 0.111. The molecule has 0 spiro atoms. The number of fused-ring (bicyclic) bond motifs is 1. The minimum absolute atomic E-state index is 0.589. The van der Waals surface area contributed by atoms with E-state index in [9.17, 15) is 0 Å². The minimum atomic E-state index is 0.589. The maximum atomic E-state index is 8.80. The average molecular weight is 172 g/mol. The van der Waals surface area contributed by atoms with Crippen LogP contribution in [-0.4, -0.2) is 16.4 Å². The first-order valence-corrected chi connectivity index (χ1v) is 3.91. The van der Waals surface area contributed by atoms with Gasteiger partial charge in [-0.05, 0) is 12.1 Å². The van der Waals surface area contributed by atoms with Crippen LogP contribution in [0.4, 0.5) is 5.82 Å². The van der Waals surface area contributed by atoms with Gasteiger partial charge in [0.15, 0.2) is 0 Å². The van der Waals surface area contributed by atoms with Gasteiger partial charge < -0.3 is 5.32 Å². The van der Waals surface area contributed by atoms with Crippen molar-refractivity contribution in [3.05, 3.63) is 30.1 Å². The van der Waals surface area contributed by atoms with E-state index in [4.69, 9.17) is 5.26 Å². The Balaban J connectivity index is 2.76. The minimum Gasteiger partial charge on any atom is -0.372 e. The number of hydrogen-bond donors (Lipinski definition) is 1. The lowest BCUT2D eigenvalue weighted by Crippen LogP contribution is -1.88. The Kier molecular flexibility index (Phi) is 1.64. The number of nitrogens with one attached hydrogen (secondary N) is 1. The van der Waals surface area contributed by atoms with Crippen LogP contribution in [0.25, 0.3) is 5.65 Å². The molecule has 0 radical (unpaired) electrons. The normalized spacial score (nSPS) is 9.85. The molecule has 0 atom stereocenters. The molecule has 0 unspecified atom stereocenters. The molecular formula is C9H8N4. The van der Waals surface area contributed by atoms with Crippen LogP contribution in [0.1, 0.15) is 5.69 Å². The van der Waals surface area contributed by atoms with E-state index in [1.807, 2.05) is 12.1 Å². The summed E-state index contributed by atoms with van der Waals surface area (Å²) in [7, 11) is 1.80. The molecule has 4 nitrogen and oxygen atoms in total. The number of pyridine rings is 1. The molecule has 0 fully saturated rings. The first-order valence-electron chi connectivity index (χ1n) is 3.91. The molecule has 4 heteroatoms. The first kappa shape index (κ1) is 7.62. The van der Waals surface area contributed by atoms with Crippen molar-refractivity contribution in [1.29, 1.82) is 5.26 Å². The maximum Gasteiger partial charge on any atom is 0.145 e. The summed E-state index contributed by atoms with van der Waals surface area (Å²) in [6.07, 6.45) is 1.80. The molecule has 0 saturated carbocycles. The predicted octanol–water partition coefficient (Wildman–Crippen LogP) is 1.25. The number of nitriles is 1. The van der Waals surface area contributed by atoms with Crippen LogP contribution in [0.15, 0.2) is 24.4 Å². The fourth-order valence-electron chi connectivity index (χ4n) is 1.22. The monoisotopic (exact) mass is 172 g/mol. The van der Waals surface area contributed by atoms with Crippen molar-refractivity contribution < 1.29 is 0 Å². The van der Waals surface area contributed by atoms with Crippen LogP contribution >= 0.6 is 0 Å². The van der Waals surface area contributed by atoms with Gasteiger partial charge in [-0.15, -0.1) is 0 Å². The highest BCUT2D eigenvalue weighted by molar-refractivity contribution is 5.51. The molecule has 2 aromatic rings. The molecule has 0 aliphatic rings. The van der Waals surface area contributed by atoms with Gasteiger partial charge in [0.05, 0.1) is 6.20 Å². The van der Waals surface area contributed by atoms with Crippen molar-refractivity contribution >= 4 is 11.5 Å². The second kappa shape index (κ2) is 2.79. The summed E-state index contributed by atoms with van der Waals surface area (Å²) in [6.45, 7) is 0. The Labute approximate surface area is 75.4 Å². The summed E-state index contributed by atoms with van der Waals surface area (Å²) >= 11 is 0. The van der Waals surface area contributed by atoms with E-state index in [1.54, 1.807) is 23.7 Å². The predicted molar refractivity (Wildman–Crippen MR) is 49.5 cm³/mol. The van der Waals surface area contributed by atoms with Crippen molar-refractivity contribution in [3.8, 4) is 6.07 Å². The van der Waals surface area contributed by atoms with Crippen molar-refractivity contribution in [2.45, 2.75) is 0 Å². The third-order valence-corrected chi connectivity index (χ3v) is 1.86. The standard InChI is InChI=1S/C9H8N4/c1-11-8-6-13-7(5-10)3-2-4-9(13)12-8/h2-4,6,11H,1H3. The lowest BCUT2D eigenvalue weighted by atomic mass is 10.4. The zero-order valence-corrected chi connectivity index (χ0v) is 7.15. The van der Waals surface area contributed by atoms with Crippen LogP contribution in [0.5, 0.6) is 0 Å². The number of anilines is 1. The van der Waals surface area contributed by atoms with Crippen LogP contribution in [-0.2, 0) is 0 Å². The van der Waals surface area contributed by atoms with Gasteiger partial charge in [-0.3, -0.25) is 4.40 Å².